The van der Waals surface area contributed by atoms with Crippen molar-refractivity contribution in [2.24, 2.45) is 5.73 Å². The molecule has 0 aromatic carbocycles. The second-order valence-electron chi connectivity index (χ2n) is 7.61. The molecule has 186 valence electrons. The molecule has 36 heavy (non-hydrogen) atoms. The molecule has 1 unspecified atom stereocenters. The van der Waals surface area contributed by atoms with Gasteiger partial charge in [-0.3, -0.25) is 14.5 Å². The maximum atomic E-state index is 14.9. The third kappa shape index (κ3) is 5.69. The molecule has 15 heteroatoms. The maximum absolute atomic E-state index is 14.9. The Bertz CT molecular complexity index is 1360. The first kappa shape index (κ1) is 24.1. The maximum Gasteiger partial charge on any atom is 0.404 e. The fourth-order valence-corrected chi connectivity index (χ4v) is 3.34. The largest absolute Gasteiger partial charge is 0.465 e. The number of carbonyl (C=O) groups is 2. The van der Waals surface area contributed by atoms with Crippen LogP contribution in [0.4, 0.5) is 26.5 Å². The number of hydrogen-bond acceptors (Lipinski definition) is 9. The molecular formula is C21H22FN11O3. The Kier molecular flexibility index (Phi) is 6.99. The van der Waals surface area contributed by atoms with E-state index in [2.05, 4.69) is 41.2 Å². The number of hydrogen-bond donors (Lipinski definition) is 5. The van der Waals surface area contributed by atoms with Crippen molar-refractivity contribution in [3.63, 3.8) is 0 Å². The molecule has 0 saturated heterocycles. The van der Waals surface area contributed by atoms with Crippen LogP contribution in [0.15, 0.2) is 49.2 Å². The lowest BCUT2D eigenvalue weighted by Gasteiger charge is -2.21. The standard InChI is InChI=1S/C21H22FN11O3/c1-12-17(33-27-4-5-28-33)7-13(9-24-12)29-19-15(18(23)34)8-16(22)20(31-19)30-14(10-25-21(35)36)11-32-6-2-3-26-32/h2-9,14,25H,10-11H2,1H3,(H2,23,34)(H,35,36)(H2,29,30,31). The van der Waals surface area contributed by atoms with Crippen LogP contribution in [0.1, 0.15) is 16.1 Å². The molecule has 1 atom stereocenters. The summed E-state index contributed by atoms with van der Waals surface area (Å²) in [5, 5.41) is 29.3. The van der Waals surface area contributed by atoms with E-state index in [9.17, 15) is 14.0 Å². The summed E-state index contributed by atoms with van der Waals surface area (Å²) in [6.45, 7) is 1.91. The van der Waals surface area contributed by atoms with Gasteiger partial charge < -0.3 is 26.8 Å². The van der Waals surface area contributed by atoms with Crippen molar-refractivity contribution in [3.05, 3.63) is 66.3 Å². The quantitative estimate of drug-likeness (QED) is 0.214. The van der Waals surface area contributed by atoms with Gasteiger partial charge in [-0.25, -0.2) is 14.2 Å². The average molecular weight is 495 g/mol. The normalized spacial score (nSPS) is 11.6. The minimum Gasteiger partial charge on any atom is -0.465 e. The highest BCUT2D eigenvalue weighted by Gasteiger charge is 2.20. The Morgan fingerprint density at radius 3 is 2.61 bits per heavy atom. The van der Waals surface area contributed by atoms with E-state index >= 15 is 0 Å². The number of primary amides is 1. The summed E-state index contributed by atoms with van der Waals surface area (Å²) in [4.78, 5) is 32.9. The van der Waals surface area contributed by atoms with E-state index in [1.54, 1.807) is 36.1 Å². The number of aromatic nitrogens is 7. The van der Waals surface area contributed by atoms with E-state index in [0.717, 1.165) is 6.07 Å². The van der Waals surface area contributed by atoms with Gasteiger partial charge in [-0.15, -0.1) is 4.80 Å². The zero-order valence-corrected chi connectivity index (χ0v) is 19.0. The minimum absolute atomic E-state index is 0.0274. The van der Waals surface area contributed by atoms with Gasteiger partial charge in [0, 0.05) is 18.9 Å². The van der Waals surface area contributed by atoms with Crippen molar-refractivity contribution >= 4 is 29.3 Å². The number of anilines is 3. The first-order valence-electron chi connectivity index (χ1n) is 10.6. The first-order chi connectivity index (χ1) is 17.3. The Balaban J connectivity index is 1.65. The van der Waals surface area contributed by atoms with Gasteiger partial charge in [0.05, 0.1) is 48.1 Å². The van der Waals surface area contributed by atoms with E-state index in [1.807, 2.05) is 0 Å². The molecular weight excluding hydrogens is 473 g/mol. The molecule has 4 heterocycles. The summed E-state index contributed by atoms with van der Waals surface area (Å²) in [5.41, 5.74) is 6.91. The van der Waals surface area contributed by atoms with Crippen LogP contribution >= 0.6 is 0 Å². The molecule has 0 aliphatic rings. The van der Waals surface area contributed by atoms with Crippen molar-refractivity contribution in [3.8, 4) is 5.69 Å². The van der Waals surface area contributed by atoms with Crippen LogP contribution < -0.4 is 21.7 Å². The summed E-state index contributed by atoms with van der Waals surface area (Å²) < 4.78 is 16.5. The summed E-state index contributed by atoms with van der Waals surface area (Å²) in [7, 11) is 0. The number of amides is 2. The van der Waals surface area contributed by atoms with Gasteiger partial charge in [-0.05, 0) is 25.1 Å². The monoisotopic (exact) mass is 495 g/mol. The van der Waals surface area contributed by atoms with Gasteiger partial charge >= 0.3 is 6.09 Å². The van der Waals surface area contributed by atoms with E-state index in [-0.39, 0.29) is 30.3 Å². The smallest absolute Gasteiger partial charge is 0.404 e. The molecule has 0 bridgehead atoms. The number of carbonyl (C=O) groups excluding carboxylic acids is 1. The van der Waals surface area contributed by atoms with Gasteiger partial charge in [0.1, 0.15) is 11.5 Å². The molecule has 4 rings (SSSR count). The van der Waals surface area contributed by atoms with Crippen LogP contribution in [-0.4, -0.2) is 64.4 Å². The molecule has 0 spiro atoms. The number of aryl methyl sites for hydroxylation is 1. The van der Waals surface area contributed by atoms with E-state index in [1.165, 1.54) is 23.4 Å². The molecule has 4 aromatic heterocycles. The third-order valence-electron chi connectivity index (χ3n) is 5.01. The Hall–Kier alpha value is -5.08. The molecule has 0 saturated carbocycles. The minimum atomic E-state index is -1.24. The van der Waals surface area contributed by atoms with Crippen molar-refractivity contribution < 1.29 is 19.1 Å². The second kappa shape index (κ2) is 10.5. The number of nitrogens with one attached hydrogen (secondary N) is 3. The van der Waals surface area contributed by atoms with E-state index in [4.69, 9.17) is 10.8 Å². The summed E-state index contributed by atoms with van der Waals surface area (Å²) in [6, 6.07) is 3.71. The highest BCUT2D eigenvalue weighted by atomic mass is 19.1. The average Bonchev–Trinajstić information content (AvgIpc) is 3.55. The number of rotatable bonds is 10. The Labute approximate surface area is 203 Å². The molecule has 0 aliphatic carbocycles. The van der Waals surface area contributed by atoms with E-state index in [0.29, 0.717) is 17.1 Å². The van der Waals surface area contributed by atoms with Gasteiger partial charge in [0.2, 0.25) is 0 Å². The molecule has 14 nitrogen and oxygen atoms in total. The Morgan fingerprint density at radius 1 is 1.17 bits per heavy atom. The number of nitrogens with two attached hydrogens (primary N) is 1. The van der Waals surface area contributed by atoms with Crippen LogP contribution in [0.5, 0.6) is 0 Å². The summed E-state index contributed by atoms with van der Waals surface area (Å²) >= 11 is 0. The van der Waals surface area contributed by atoms with E-state index < -0.39 is 23.9 Å². The summed E-state index contributed by atoms with van der Waals surface area (Å²) in [5.74, 6) is -2.00. The SMILES string of the molecule is Cc1ncc(Nc2nc(NC(CNC(=O)O)Cn3cccn3)c(F)cc2C(N)=O)cc1-n1nccn1. The molecule has 4 aromatic rings. The lowest BCUT2D eigenvalue weighted by atomic mass is 10.2. The fourth-order valence-electron chi connectivity index (χ4n) is 3.34. The van der Waals surface area contributed by atoms with Crippen molar-refractivity contribution in [1.29, 1.82) is 0 Å². The van der Waals surface area contributed by atoms with Crippen LogP contribution in [0.2, 0.25) is 0 Å². The molecule has 6 N–H and O–H groups in total. The fraction of sp³-hybridized carbons (Fsp3) is 0.190. The zero-order valence-electron chi connectivity index (χ0n) is 19.0. The number of pyridine rings is 2. The number of halogens is 1. The van der Waals surface area contributed by atoms with Gasteiger partial charge in [0.25, 0.3) is 5.91 Å². The molecule has 0 radical (unpaired) electrons. The topological polar surface area (TPSA) is 191 Å². The predicted molar refractivity (Wildman–Crippen MR) is 126 cm³/mol. The summed E-state index contributed by atoms with van der Waals surface area (Å²) in [6.07, 6.45) is 6.54. The third-order valence-corrected chi connectivity index (χ3v) is 5.01. The molecule has 0 fully saturated rings. The van der Waals surface area contributed by atoms with Crippen LogP contribution in [0.3, 0.4) is 0 Å². The van der Waals surface area contributed by atoms with Crippen LogP contribution in [0.25, 0.3) is 5.69 Å². The molecule has 0 aliphatic heterocycles. The highest BCUT2D eigenvalue weighted by Crippen LogP contribution is 2.25. The van der Waals surface area contributed by atoms with Gasteiger partial charge in [-0.2, -0.15) is 15.3 Å². The van der Waals surface area contributed by atoms with Gasteiger partial charge in [-0.1, -0.05) is 0 Å². The van der Waals surface area contributed by atoms with Crippen molar-refractivity contribution in [1.82, 2.24) is 40.1 Å². The van der Waals surface area contributed by atoms with Gasteiger partial charge in [0.15, 0.2) is 11.6 Å². The zero-order chi connectivity index (χ0) is 25.7. The van der Waals surface area contributed by atoms with Crippen molar-refractivity contribution in [2.45, 2.75) is 19.5 Å². The highest BCUT2D eigenvalue weighted by molar-refractivity contribution is 5.98. The lowest BCUT2D eigenvalue weighted by molar-refractivity contribution is 0.100. The number of carboxylic acid groups (broad SMARTS) is 1. The van der Waals surface area contributed by atoms with Crippen LogP contribution in [0, 0.1) is 12.7 Å². The Morgan fingerprint density at radius 2 is 1.94 bits per heavy atom. The predicted octanol–water partition coefficient (Wildman–Crippen LogP) is 1.29. The number of nitrogens with zero attached hydrogens (tertiary/aromatic N) is 7. The second-order valence-corrected chi connectivity index (χ2v) is 7.61. The lowest BCUT2D eigenvalue weighted by Crippen LogP contribution is -2.39. The first-order valence-corrected chi connectivity index (χ1v) is 10.6. The van der Waals surface area contributed by atoms with Crippen molar-refractivity contribution in [2.75, 3.05) is 17.2 Å². The van der Waals surface area contributed by atoms with Crippen LogP contribution in [-0.2, 0) is 6.54 Å². The molecule has 2 amide bonds.